The van der Waals surface area contributed by atoms with Crippen LogP contribution < -0.4 is 5.32 Å². The van der Waals surface area contributed by atoms with E-state index in [0.29, 0.717) is 5.56 Å². The fourth-order valence-corrected chi connectivity index (χ4v) is 3.44. The summed E-state index contributed by atoms with van der Waals surface area (Å²) in [4.78, 5) is 23.1. The molecule has 2 rings (SSSR count). The van der Waals surface area contributed by atoms with Crippen LogP contribution in [0.15, 0.2) is 57.5 Å². The first-order valence-electron chi connectivity index (χ1n) is 7.09. The lowest BCUT2D eigenvalue weighted by molar-refractivity contribution is -0.137. The van der Waals surface area contributed by atoms with Crippen LogP contribution in [0.25, 0.3) is 0 Å². The Morgan fingerprint density at radius 2 is 1.71 bits per heavy atom. The maximum Gasteiger partial charge on any atom is 0.407 e. The van der Waals surface area contributed by atoms with E-state index in [2.05, 4.69) is 37.2 Å². The molecule has 0 saturated heterocycles. The fourth-order valence-electron chi connectivity index (χ4n) is 2.11. The first kappa shape index (κ1) is 18.5. The Morgan fingerprint density at radius 3 is 2.29 bits per heavy atom. The Kier molecular flexibility index (Phi) is 6.81. The quantitative estimate of drug-likeness (QED) is 0.663. The molecule has 2 aromatic rings. The Hall–Kier alpha value is -1.86. The van der Waals surface area contributed by atoms with Crippen LogP contribution in [-0.4, -0.2) is 17.2 Å². The number of halogens is 2. The number of alkyl carbamates (subject to hydrolysis) is 1. The number of hydrogen-bond acceptors (Lipinski definition) is 3. The molecule has 0 unspecified atom stereocenters. The van der Waals surface area contributed by atoms with Gasteiger partial charge in [0.05, 0.1) is 12.5 Å². The zero-order valence-electron chi connectivity index (χ0n) is 12.5. The van der Waals surface area contributed by atoms with Crippen molar-refractivity contribution in [3.63, 3.8) is 0 Å². The fraction of sp³-hybridized carbons (Fsp3) is 0.176. The average Bonchev–Trinajstić information content (AvgIpc) is 2.52. The zero-order chi connectivity index (χ0) is 17.5. The lowest BCUT2D eigenvalue weighted by Gasteiger charge is -2.18. The van der Waals surface area contributed by atoms with Crippen molar-refractivity contribution in [2.24, 2.45) is 0 Å². The van der Waals surface area contributed by atoms with Gasteiger partial charge in [-0.1, -0.05) is 62.2 Å². The molecule has 2 aromatic carbocycles. The van der Waals surface area contributed by atoms with Gasteiger partial charge in [-0.05, 0) is 29.3 Å². The van der Waals surface area contributed by atoms with Crippen LogP contribution in [0, 0.1) is 0 Å². The normalized spacial score (nSPS) is 11.6. The van der Waals surface area contributed by atoms with E-state index in [4.69, 9.17) is 9.84 Å². The van der Waals surface area contributed by atoms with E-state index in [1.807, 2.05) is 36.4 Å². The molecule has 0 radical (unpaired) electrons. The van der Waals surface area contributed by atoms with Crippen molar-refractivity contribution in [1.82, 2.24) is 5.32 Å². The summed E-state index contributed by atoms with van der Waals surface area (Å²) in [6.07, 6.45) is -0.912. The Balaban J connectivity index is 2.05. The lowest BCUT2D eigenvalue weighted by atomic mass is 10.0. The molecule has 0 bridgehead atoms. The summed E-state index contributed by atoms with van der Waals surface area (Å²) in [6.45, 7) is 0.120. The van der Waals surface area contributed by atoms with Crippen molar-refractivity contribution in [2.75, 3.05) is 0 Å². The summed E-state index contributed by atoms with van der Waals surface area (Å²) in [5.74, 6) is -1.01. The zero-order valence-corrected chi connectivity index (χ0v) is 15.7. The number of amides is 1. The topological polar surface area (TPSA) is 75.6 Å². The second-order valence-electron chi connectivity index (χ2n) is 5.06. The first-order chi connectivity index (χ1) is 11.4. The number of nitrogens with one attached hydrogen (secondary N) is 1. The predicted octanol–water partition coefficient (Wildman–Crippen LogP) is 4.65. The van der Waals surface area contributed by atoms with Crippen LogP contribution in [0.1, 0.15) is 23.6 Å². The van der Waals surface area contributed by atoms with Gasteiger partial charge in [-0.3, -0.25) is 4.79 Å². The third-order valence-corrected chi connectivity index (χ3v) is 4.09. The number of rotatable bonds is 6. The summed E-state index contributed by atoms with van der Waals surface area (Å²) < 4.78 is 6.71. The molecule has 1 atom stereocenters. The number of carbonyl (C=O) groups excluding carboxylic acids is 1. The molecular formula is C17H15Br2NO4. The molecule has 0 aliphatic carbocycles. The van der Waals surface area contributed by atoms with Crippen molar-refractivity contribution >= 4 is 43.9 Å². The number of benzene rings is 2. The van der Waals surface area contributed by atoms with Crippen LogP contribution >= 0.6 is 31.9 Å². The third-order valence-electron chi connectivity index (χ3n) is 3.17. The maximum absolute atomic E-state index is 12.0. The molecule has 0 aliphatic rings. The van der Waals surface area contributed by atoms with E-state index in [0.717, 1.165) is 14.5 Å². The highest BCUT2D eigenvalue weighted by Crippen LogP contribution is 2.26. The molecule has 0 aromatic heterocycles. The van der Waals surface area contributed by atoms with Crippen LogP contribution in [0.5, 0.6) is 0 Å². The van der Waals surface area contributed by atoms with Crippen molar-refractivity contribution in [3.8, 4) is 0 Å². The van der Waals surface area contributed by atoms with Crippen molar-refractivity contribution in [1.29, 1.82) is 0 Å². The average molecular weight is 457 g/mol. The third kappa shape index (κ3) is 5.98. The van der Waals surface area contributed by atoms with Gasteiger partial charge in [0, 0.05) is 8.95 Å². The molecular weight excluding hydrogens is 442 g/mol. The first-order valence-corrected chi connectivity index (χ1v) is 8.67. The van der Waals surface area contributed by atoms with Crippen LogP contribution in [-0.2, 0) is 16.1 Å². The minimum Gasteiger partial charge on any atom is -0.481 e. The number of carboxylic acid groups (broad SMARTS) is 1. The highest BCUT2D eigenvalue weighted by Gasteiger charge is 2.19. The lowest BCUT2D eigenvalue weighted by Crippen LogP contribution is -2.30. The minimum atomic E-state index is -1.01. The molecule has 5 nitrogen and oxygen atoms in total. The molecule has 0 saturated carbocycles. The molecule has 1 amide bonds. The Bertz CT molecular complexity index is 702. The van der Waals surface area contributed by atoms with E-state index < -0.39 is 18.1 Å². The van der Waals surface area contributed by atoms with Crippen molar-refractivity contribution in [3.05, 3.63) is 68.6 Å². The van der Waals surface area contributed by atoms with Crippen LogP contribution in [0.2, 0.25) is 0 Å². The molecule has 0 fully saturated rings. The monoisotopic (exact) mass is 455 g/mol. The molecule has 126 valence electrons. The molecule has 0 aliphatic heterocycles. The van der Waals surface area contributed by atoms with Gasteiger partial charge in [0.15, 0.2) is 0 Å². The Labute approximate surface area is 156 Å². The van der Waals surface area contributed by atoms with Crippen molar-refractivity contribution in [2.45, 2.75) is 19.1 Å². The molecule has 24 heavy (non-hydrogen) atoms. The highest BCUT2D eigenvalue weighted by molar-refractivity contribution is 9.11. The molecule has 0 spiro atoms. The molecule has 7 heteroatoms. The number of hydrogen-bond donors (Lipinski definition) is 2. The summed E-state index contributed by atoms with van der Waals surface area (Å²) in [7, 11) is 0. The van der Waals surface area contributed by atoms with Gasteiger partial charge in [-0.15, -0.1) is 0 Å². The van der Waals surface area contributed by atoms with Crippen LogP contribution in [0.4, 0.5) is 4.79 Å². The molecule has 0 heterocycles. The van der Waals surface area contributed by atoms with Crippen LogP contribution in [0.3, 0.4) is 0 Å². The number of ether oxygens (including phenoxy) is 1. The van der Waals surface area contributed by atoms with Crippen molar-refractivity contribution < 1.29 is 19.4 Å². The van der Waals surface area contributed by atoms with Gasteiger partial charge in [0.2, 0.25) is 0 Å². The second-order valence-corrected chi connectivity index (χ2v) is 6.89. The second kappa shape index (κ2) is 8.84. The van der Waals surface area contributed by atoms with E-state index in [1.165, 1.54) is 0 Å². The van der Waals surface area contributed by atoms with E-state index >= 15 is 0 Å². The SMILES string of the molecule is O=C(O)C[C@@H](NC(=O)OCc1ccccc1)c1cc(Br)cc(Br)c1. The summed E-state index contributed by atoms with van der Waals surface area (Å²) in [5.41, 5.74) is 1.52. The largest absolute Gasteiger partial charge is 0.481 e. The van der Waals surface area contributed by atoms with Gasteiger partial charge in [0.25, 0.3) is 0 Å². The van der Waals surface area contributed by atoms with E-state index in [-0.39, 0.29) is 13.0 Å². The molecule has 2 N–H and O–H groups in total. The number of aliphatic carboxylic acids is 1. The van der Waals surface area contributed by atoms with Gasteiger partial charge in [-0.25, -0.2) is 4.79 Å². The summed E-state index contributed by atoms with van der Waals surface area (Å²) in [5, 5.41) is 11.7. The number of carbonyl (C=O) groups is 2. The minimum absolute atomic E-state index is 0.120. The van der Waals surface area contributed by atoms with Gasteiger partial charge >= 0.3 is 12.1 Å². The summed E-state index contributed by atoms with van der Waals surface area (Å²) >= 11 is 6.71. The Morgan fingerprint density at radius 1 is 1.08 bits per heavy atom. The number of carboxylic acids is 1. The van der Waals surface area contributed by atoms with Gasteiger partial charge in [0.1, 0.15) is 6.61 Å². The highest BCUT2D eigenvalue weighted by atomic mass is 79.9. The maximum atomic E-state index is 12.0. The smallest absolute Gasteiger partial charge is 0.407 e. The predicted molar refractivity (Wildman–Crippen MR) is 96.6 cm³/mol. The van der Waals surface area contributed by atoms with E-state index in [1.54, 1.807) is 12.1 Å². The standard InChI is InChI=1S/C17H15Br2NO4/c18-13-6-12(7-14(19)8-13)15(9-16(21)22)20-17(23)24-10-11-4-2-1-3-5-11/h1-8,15H,9-10H2,(H,20,23)(H,21,22)/t15-/m1/s1. The van der Waals surface area contributed by atoms with Gasteiger partial charge in [-0.2, -0.15) is 0 Å². The van der Waals surface area contributed by atoms with Gasteiger partial charge < -0.3 is 15.2 Å². The van der Waals surface area contributed by atoms with E-state index in [9.17, 15) is 9.59 Å². The summed E-state index contributed by atoms with van der Waals surface area (Å²) in [6, 6.07) is 13.9.